The number of phenolic OH excluding ortho intramolecular Hbond substituents is 1. The third-order valence-electron chi connectivity index (χ3n) is 5.32. The SMILES string of the molecule is CC(C)(C)C1=C(C(=O)NCC2CCOCC2)C=NC(Nc2cccc(O)c2)=CC1. The molecule has 2 aliphatic heterocycles. The number of hydrogen-bond acceptors (Lipinski definition) is 5. The molecule has 0 aliphatic carbocycles. The Bertz CT molecular complexity index is 828. The summed E-state index contributed by atoms with van der Waals surface area (Å²) < 4.78 is 5.40. The van der Waals surface area contributed by atoms with Gasteiger partial charge < -0.3 is 20.5 Å². The third-order valence-corrected chi connectivity index (χ3v) is 5.32. The molecule has 1 fully saturated rings. The Balaban J connectivity index is 1.74. The molecular formula is C23H31N3O3. The Labute approximate surface area is 172 Å². The fraction of sp³-hybridized carbons (Fsp3) is 0.478. The largest absolute Gasteiger partial charge is 0.508 e. The number of amides is 1. The zero-order valence-electron chi connectivity index (χ0n) is 17.5. The molecule has 0 bridgehead atoms. The van der Waals surface area contributed by atoms with Gasteiger partial charge in [0.1, 0.15) is 11.6 Å². The Kier molecular flexibility index (Phi) is 6.75. The van der Waals surface area contributed by atoms with Crippen LogP contribution in [0.1, 0.15) is 40.0 Å². The highest BCUT2D eigenvalue weighted by Gasteiger charge is 2.25. The lowest BCUT2D eigenvalue weighted by Gasteiger charge is -2.25. The summed E-state index contributed by atoms with van der Waals surface area (Å²) in [6.07, 6.45) is 6.25. The van der Waals surface area contributed by atoms with Gasteiger partial charge in [-0.3, -0.25) is 4.79 Å². The van der Waals surface area contributed by atoms with Crippen LogP contribution in [0.4, 0.5) is 5.69 Å². The Morgan fingerprint density at radius 2 is 2.03 bits per heavy atom. The van der Waals surface area contributed by atoms with Crippen LogP contribution in [-0.4, -0.2) is 37.0 Å². The number of nitrogens with zero attached hydrogens (tertiary/aromatic N) is 1. The van der Waals surface area contributed by atoms with E-state index in [-0.39, 0.29) is 17.1 Å². The smallest absolute Gasteiger partial charge is 0.252 e. The van der Waals surface area contributed by atoms with Crippen molar-refractivity contribution in [3.05, 3.63) is 47.3 Å². The topological polar surface area (TPSA) is 83.0 Å². The van der Waals surface area contributed by atoms with Crippen LogP contribution in [0.15, 0.2) is 52.3 Å². The predicted molar refractivity (Wildman–Crippen MR) is 116 cm³/mol. The van der Waals surface area contributed by atoms with Crippen LogP contribution in [0.3, 0.4) is 0 Å². The number of carbonyl (C=O) groups excluding carboxylic acids is 1. The van der Waals surface area contributed by atoms with Crippen LogP contribution in [0.5, 0.6) is 5.75 Å². The lowest BCUT2D eigenvalue weighted by molar-refractivity contribution is -0.117. The van der Waals surface area contributed by atoms with Gasteiger partial charge >= 0.3 is 0 Å². The molecule has 1 aromatic carbocycles. The summed E-state index contributed by atoms with van der Waals surface area (Å²) in [4.78, 5) is 17.5. The molecule has 3 N–H and O–H groups in total. The Morgan fingerprint density at radius 3 is 2.72 bits per heavy atom. The minimum absolute atomic E-state index is 0.0721. The minimum atomic E-state index is -0.158. The van der Waals surface area contributed by atoms with Crippen LogP contribution in [0, 0.1) is 11.3 Å². The van der Waals surface area contributed by atoms with E-state index in [4.69, 9.17) is 4.74 Å². The number of allylic oxidation sites excluding steroid dienone is 2. The first-order valence-corrected chi connectivity index (χ1v) is 10.2. The second-order valence-corrected chi connectivity index (χ2v) is 8.64. The van der Waals surface area contributed by atoms with Crippen molar-refractivity contribution >= 4 is 17.8 Å². The van der Waals surface area contributed by atoms with Gasteiger partial charge in [0.15, 0.2) is 0 Å². The Morgan fingerprint density at radius 1 is 1.28 bits per heavy atom. The fourth-order valence-electron chi connectivity index (χ4n) is 3.58. The maximum absolute atomic E-state index is 13.0. The fourth-order valence-corrected chi connectivity index (χ4v) is 3.58. The zero-order valence-corrected chi connectivity index (χ0v) is 17.5. The maximum Gasteiger partial charge on any atom is 0.252 e. The molecule has 1 saturated heterocycles. The molecule has 0 unspecified atom stereocenters. The van der Waals surface area contributed by atoms with Crippen LogP contribution in [0.2, 0.25) is 0 Å². The van der Waals surface area contributed by atoms with Gasteiger partial charge in [0.25, 0.3) is 5.91 Å². The summed E-state index contributed by atoms with van der Waals surface area (Å²) in [6.45, 7) is 8.55. The van der Waals surface area contributed by atoms with E-state index in [1.807, 2.05) is 12.1 Å². The second kappa shape index (κ2) is 9.27. The van der Waals surface area contributed by atoms with Gasteiger partial charge in [-0.25, -0.2) is 4.99 Å². The molecule has 29 heavy (non-hydrogen) atoms. The maximum atomic E-state index is 13.0. The minimum Gasteiger partial charge on any atom is -0.508 e. The summed E-state index contributed by atoms with van der Waals surface area (Å²) in [5.74, 6) is 1.24. The number of ether oxygens (including phenoxy) is 1. The number of carbonyl (C=O) groups is 1. The van der Waals surface area contributed by atoms with E-state index in [2.05, 4.69) is 36.4 Å². The highest BCUT2D eigenvalue weighted by molar-refractivity contribution is 6.13. The van der Waals surface area contributed by atoms with Gasteiger partial charge in [-0.2, -0.15) is 0 Å². The molecule has 6 nitrogen and oxygen atoms in total. The van der Waals surface area contributed by atoms with Crippen molar-refractivity contribution < 1.29 is 14.6 Å². The molecular weight excluding hydrogens is 366 g/mol. The molecule has 3 rings (SSSR count). The molecule has 1 aromatic rings. The molecule has 6 heteroatoms. The van der Waals surface area contributed by atoms with Crippen molar-refractivity contribution in [3.8, 4) is 5.75 Å². The van der Waals surface area contributed by atoms with Gasteiger partial charge in [-0.05, 0) is 54.4 Å². The summed E-state index contributed by atoms with van der Waals surface area (Å²) in [5.41, 5.74) is 2.28. The molecule has 0 saturated carbocycles. The number of aliphatic imine (C=N–C) groups is 1. The first kappa shape index (κ1) is 21.1. The summed E-state index contributed by atoms with van der Waals surface area (Å²) in [7, 11) is 0. The van der Waals surface area contributed by atoms with Crippen molar-refractivity contribution in [3.63, 3.8) is 0 Å². The van der Waals surface area contributed by atoms with E-state index in [9.17, 15) is 9.90 Å². The van der Waals surface area contributed by atoms with Crippen LogP contribution >= 0.6 is 0 Å². The Hall–Kier alpha value is -2.60. The number of rotatable bonds is 5. The van der Waals surface area contributed by atoms with Crippen LogP contribution < -0.4 is 10.6 Å². The van der Waals surface area contributed by atoms with Crippen molar-refractivity contribution in [2.45, 2.75) is 40.0 Å². The third kappa shape index (κ3) is 5.94. The average Bonchev–Trinajstić information content (AvgIpc) is 2.90. The average molecular weight is 398 g/mol. The molecule has 0 radical (unpaired) electrons. The van der Waals surface area contributed by atoms with Crippen molar-refractivity contribution in [1.29, 1.82) is 0 Å². The normalized spacial score (nSPS) is 18.2. The van der Waals surface area contributed by atoms with Gasteiger partial charge in [-0.1, -0.05) is 26.8 Å². The van der Waals surface area contributed by atoms with E-state index < -0.39 is 0 Å². The van der Waals surface area contributed by atoms with E-state index in [0.29, 0.717) is 30.3 Å². The van der Waals surface area contributed by atoms with Gasteiger partial charge in [-0.15, -0.1) is 0 Å². The molecule has 0 atom stereocenters. The number of hydrogen-bond donors (Lipinski definition) is 3. The molecule has 0 spiro atoms. The van der Waals surface area contributed by atoms with Crippen LogP contribution in [0.25, 0.3) is 0 Å². The van der Waals surface area contributed by atoms with E-state index in [0.717, 1.165) is 37.3 Å². The highest BCUT2D eigenvalue weighted by atomic mass is 16.5. The van der Waals surface area contributed by atoms with Crippen molar-refractivity contribution in [2.75, 3.05) is 25.1 Å². The molecule has 156 valence electrons. The first-order valence-electron chi connectivity index (χ1n) is 10.2. The van der Waals surface area contributed by atoms with Crippen molar-refractivity contribution in [1.82, 2.24) is 5.32 Å². The van der Waals surface area contributed by atoms with Gasteiger partial charge in [0.05, 0.1) is 5.57 Å². The molecule has 1 amide bonds. The summed E-state index contributed by atoms with van der Waals surface area (Å²) >= 11 is 0. The number of anilines is 1. The molecule has 2 aliphatic rings. The summed E-state index contributed by atoms with van der Waals surface area (Å²) in [6, 6.07) is 6.89. The predicted octanol–water partition coefficient (Wildman–Crippen LogP) is 4.01. The number of phenols is 1. The van der Waals surface area contributed by atoms with Gasteiger partial charge in [0.2, 0.25) is 0 Å². The van der Waals surface area contributed by atoms with E-state index >= 15 is 0 Å². The number of nitrogens with one attached hydrogen (secondary N) is 2. The quantitative estimate of drug-likeness (QED) is 0.701. The van der Waals surface area contributed by atoms with Gasteiger partial charge in [0, 0.05) is 37.7 Å². The number of aromatic hydroxyl groups is 1. The van der Waals surface area contributed by atoms with Crippen molar-refractivity contribution in [2.24, 2.45) is 16.3 Å². The molecule has 2 heterocycles. The zero-order chi connectivity index (χ0) is 20.9. The lowest BCUT2D eigenvalue weighted by Crippen LogP contribution is -2.34. The summed E-state index contributed by atoms with van der Waals surface area (Å²) in [5, 5.41) is 16.0. The highest BCUT2D eigenvalue weighted by Crippen LogP contribution is 2.33. The number of benzene rings is 1. The standard InChI is InChI=1S/C23H31N3O3/c1-23(2,3)20-7-8-21(26-17-5-4-6-18(27)13-17)24-15-19(20)22(28)25-14-16-9-11-29-12-10-16/h4-6,8,13,15-16,26-27H,7,9-12,14H2,1-3H3,(H,25,28). The van der Waals surface area contributed by atoms with Crippen LogP contribution in [-0.2, 0) is 9.53 Å². The van der Waals surface area contributed by atoms with E-state index in [1.165, 1.54) is 0 Å². The second-order valence-electron chi connectivity index (χ2n) is 8.64. The monoisotopic (exact) mass is 397 g/mol. The molecule has 0 aromatic heterocycles. The lowest BCUT2D eigenvalue weighted by atomic mass is 9.81. The van der Waals surface area contributed by atoms with E-state index in [1.54, 1.807) is 24.4 Å². The first-order chi connectivity index (χ1) is 13.8.